The average Bonchev–Trinajstić information content (AvgIpc) is 3.34. The highest BCUT2D eigenvalue weighted by atomic mass is 19.1. The van der Waals surface area contributed by atoms with Crippen LogP contribution < -0.4 is 5.76 Å². The molecule has 0 saturated carbocycles. The summed E-state index contributed by atoms with van der Waals surface area (Å²) in [6.07, 6.45) is 1.89. The number of benzene rings is 2. The summed E-state index contributed by atoms with van der Waals surface area (Å²) in [6.45, 7) is 2.03. The van der Waals surface area contributed by atoms with Crippen LogP contribution in [0.3, 0.4) is 0 Å². The summed E-state index contributed by atoms with van der Waals surface area (Å²) in [5.41, 5.74) is 2.09. The SMILES string of the molecule is O=c1oc2ccccc2n1CN1CCCC(c2nc(-c3ccc(F)cc3)no2)C1. The maximum atomic E-state index is 13.1. The van der Waals surface area contributed by atoms with Gasteiger partial charge < -0.3 is 8.94 Å². The monoisotopic (exact) mass is 394 g/mol. The van der Waals surface area contributed by atoms with E-state index in [1.54, 1.807) is 22.8 Å². The first-order valence-corrected chi connectivity index (χ1v) is 9.57. The first kappa shape index (κ1) is 17.8. The van der Waals surface area contributed by atoms with Crippen LogP contribution in [-0.4, -0.2) is 32.7 Å². The van der Waals surface area contributed by atoms with E-state index in [1.807, 2.05) is 18.2 Å². The Morgan fingerprint density at radius 1 is 1.14 bits per heavy atom. The van der Waals surface area contributed by atoms with Crippen molar-refractivity contribution in [3.8, 4) is 11.4 Å². The zero-order valence-corrected chi connectivity index (χ0v) is 15.6. The number of hydrogen-bond donors (Lipinski definition) is 0. The molecule has 1 aliphatic rings. The highest BCUT2D eigenvalue weighted by Crippen LogP contribution is 2.28. The van der Waals surface area contributed by atoms with E-state index < -0.39 is 0 Å². The largest absolute Gasteiger partial charge is 0.421 e. The lowest BCUT2D eigenvalue weighted by Crippen LogP contribution is -2.37. The molecule has 0 radical (unpaired) electrons. The molecule has 29 heavy (non-hydrogen) atoms. The molecular weight excluding hydrogens is 375 g/mol. The number of halogens is 1. The molecule has 2 aromatic carbocycles. The van der Waals surface area contributed by atoms with Crippen LogP contribution >= 0.6 is 0 Å². The van der Waals surface area contributed by atoms with E-state index in [4.69, 9.17) is 8.94 Å². The minimum atomic E-state index is -0.357. The number of para-hydroxylation sites is 2. The predicted octanol–water partition coefficient (Wildman–Crippen LogP) is 3.62. The van der Waals surface area contributed by atoms with Crippen molar-refractivity contribution < 1.29 is 13.3 Å². The van der Waals surface area contributed by atoms with Gasteiger partial charge >= 0.3 is 5.76 Å². The summed E-state index contributed by atoms with van der Waals surface area (Å²) < 4.78 is 25.6. The highest BCUT2D eigenvalue weighted by Gasteiger charge is 2.27. The summed E-state index contributed by atoms with van der Waals surface area (Å²) in [7, 11) is 0. The summed E-state index contributed by atoms with van der Waals surface area (Å²) in [5, 5.41) is 4.05. The zero-order valence-electron chi connectivity index (χ0n) is 15.6. The van der Waals surface area contributed by atoms with Crippen molar-refractivity contribution >= 4 is 11.1 Å². The standard InChI is InChI=1S/C21H19FN4O3/c22-16-9-7-14(8-10-16)19-23-20(29-24-19)15-4-3-11-25(12-15)13-26-17-5-1-2-6-18(17)28-21(26)27/h1-2,5-10,15H,3-4,11-13H2. The predicted molar refractivity (Wildman–Crippen MR) is 104 cm³/mol. The van der Waals surface area contributed by atoms with E-state index in [0.717, 1.165) is 24.9 Å². The Balaban J connectivity index is 1.34. The number of aromatic nitrogens is 3. The average molecular weight is 394 g/mol. The number of likely N-dealkylation sites (tertiary alicyclic amines) is 1. The minimum Gasteiger partial charge on any atom is -0.408 e. The molecule has 0 bridgehead atoms. The molecule has 1 fully saturated rings. The zero-order chi connectivity index (χ0) is 19.8. The molecule has 4 aromatic rings. The fraction of sp³-hybridized carbons (Fsp3) is 0.286. The van der Waals surface area contributed by atoms with Gasteiger partial charge in [0.1, 0.15) is 5.82 Å². The van der Waals surface area contributed by atoms with E-state index >= 15 is 0 Å². The second-order valence-electron chi connectivity index (χ2n) is 7.28. The van der Waals surface area contributed by atoms with E-state index in [9.17, 15) is 9.18 Å². The number of piperidine rings is 1. The fourth-order valence-corrected chi connectivity index (χ4v) is 3.85. The van der Waals surface area contributed by atoms with Crippen LogP contribution in [0.1, 0.15) is 24.7 Å². The summed E-state index contributed by atoms with van der Waals surface area (Å²) in [5.74, 6) is 0.444. The number of fused-ring (bicyclic) bond motifs is 1. The Labute approximate surface area is 165 Å². The van der Waals surface area contributed by atoms with E-state index in [0.29, 0.717) is 36.1 Å². The molecule has 7 nitrogen and oxygen atoms in total. The smallest absolute Gasteiger partial charge is 0.408 e. The molecule has 1 atom stereocenters. The third kappa shape index (κ3) is 3.47. The lowest BCUT2D eigenvalue weighted by Gasteiger charge is -2.30. The summed E-state index contributed by atoms with van der Waals surface area (Å²) in [4.78, 5) is 19.0. The Hall–Kier alpha value is -3.26. The molecule has 1 unspecified atom stereocenters. The second-order valence-corrected chi connectivity index (χ2v) is 7.28. The van der Waals surface area contributed by atoms with Gasteiger partial charge in [0, 0.05) is 12.1 Å². The molecule has 3 heterocycles. The molecule has 148 valence electrons. The Morgan fingerprint density at radius 3 is 2.83 bits per heavy atom. The van der Waals surface area contributed by atoms with Gasteiger partial charge in [0.15, 0.2) is 5.58 Å². The van der Waals surface area contributed by atoms with Crippen molar-refractivity contribution in [2.75, 3.05) is 13.1 Å². The third-order valence-corrected chi connectivity index (χ3v) is 5.31. The topological polar surface area (TPSA) is 77.3 Å². The van der Waals surface area contributed by atoms with E-state index in [-0.39, 0.29) is 17.5 Å². The van der Waals surface area contributed by atoms with Gasteiger partial charge in [0.2, 0.25) is 11.7 Å². The normalized spacial score (nSPS) is 17.8. The Kier molecular flexibility index (Phi) is 4.48. The van der Waals surface area contributed by atoms with E-state index in [1.165, 1.54) is 12.1 Å². The lowest BCUT2D eigenvalue weighted by molar-refractivity contribution is 0.149. The fourth-order valence-electron chi connectivity index (χ4n) is 3.85. The maximum absolute atomic E-state index is 13.1. The second kappa shape index (κ2) is 7.29. The minimum absolute atomic E-state index is 0.0827. The summed E-state index contributed by atoms with van der Waals surface area (Å²) >= 11 is 0. The number of oxazole rings is 1. The van der Waals surface area contributed by atoms with Crippen molar-refractivity contribution in [1.29, 1.82) is 0 Å². The van der Waals surface area contributed by atoms with Gasteiger partial charge in [-0.05, 0) is 55.8 Å². The van der Waals surface area contributed by atoms with Gasteiger partial charge in [-0.15, -0.1) is 0 Å². The van der Waals surface area contributed by atoms with Gasteiger partial charge in [0.05, 0.1) is 18.1 Å². The van der Waals surface area contributed by atoms with Gasteiger partial charge in [-0.1, -0.05) is 17.3 Å². The van der Waals surface area contributed by atoms with Crippen LogP contribution in [0.15, 0.2) is 62.3 Å². The molecule has 1 saturated heterocycles. The van der Waals surface area contributed by atoms with Gasteiger partial charge in [-0.3, -0.25) is 9.47 Å². The summed E-state index contributed by atoms with van der Waals surface area (Å²) in [6, 6.07) is 13.4. The molecule has 0 N–H and O–H groups in total. The Morgan fingerprint density at radius 2 is 1.97 bits per heavy atom. The molecule has 0 aliphatic carbocycles. The number of nitrogens with zero attached hydrogens (tertiary/aromatic N) is 4. The molecule has 0 spiro atoms. The van der Waals surface area contributed by atoms with Gasteiger partial charge in [0.25, 0.3) is 0 Å². The van der Waals surface area contributed by atoms with Crippen LogP contribution in [0, 0.1) is 5.82 Å². The molecular formula is C21H19FN4O3. The maximum Gasteiger partial charge on any atom is 0.421 e. The van der Waals surface area contributed by atoms with Crippen LogP contribution in [0.2, 0.25) is 0 Å². The molecule has 0 amide bonds. The van der Waals surface area contributed by atoms with Crippen molar-refractivity contribution in [1.82, 2.24) is 19.6 Å². The van der Waals surface area contributed by atoms with Gasteiger partial charge in [-0.2, -0.15) is 4.98 Å². The first-order valence-electron chi connectivity index (χ1n) is 9.57. The quantitative estimate of drug-likeness (QED) is 0.526. The van der Waals surface area contributed by atoms with Crippen molar-refractivity contribution in [2.24, 2.45) is 0 Å². The number of rotatable bonds is 4. The lowest BCUT2D eigenvalue weighted by atomic mass is 9.98. The Bertz CT molecular complexity index is 1190. The van der Waals surface area contributed by atoms with Crippen LogP contribution in [0.5, 0.6) is 0 Å². The van der Waals surface area contributed by atoms with Crippen molar-refractivity contribution in [3.05, 3.63) is 70.8 Å². The number of hydrogen-bond acceptors (Lipinski definition) is 6. The van der Waals surface area contributed by atoms with Crippen molar-refractivity contribution in [2.45, 2.75) is 25.4 Å². The van der Waals surface area contributed by atoms with Crippen LogP contribution in [0.25, 0.3) is 22.5 Å². The van der Waals surface area contributed by atoms with E-state index in [2.05, 4.69) is 15.0 Å². The van der Waals surface area contributed by atoms with Crippen molar-refractivity contribution in [3.63, 3.8) is 0 Å². The highest BCUT2D eigenvalue weighted by molar-refractivity contribution is 5.72. The van der Waals surface area contributed by atoms with Crippen LogP contribution in [0.4, 0.5) is 4.39 Å². The molecule has 1 aliphatic heterocycles. The van der Waals surface area contributed by atoms with Gasteiger partial charge in [-0.25, -0.2) is 9.18 Å². The van der Waals surface area contributed by atoms with Crippen LogP contribution in [-0.2, 0) is 6.67 Å². The molecule has 8 heteroatoms. The molecule has 2 aromatic heterocycles. The third-order valence-electron chi connectivity index (χ3n) is 5.31. The molecule has 5 rings (SSSR count). The first-order chi connectivity index (χ1) is 14.2.